The summed E-state index contributed by atoms with van der Waals surface area (Å²) in [5.41, 5.74) is 0. The van der Waals surface area contributed by atoms with E-state index >= 15 is 0 Å². The highest BCUT2D eigenvalue weighted by molar-refractivity contribution is 8.22. The topological polar surface area (TPSA) is 49.5 Å². The van der Waals surface area contributed by atoms with Crippen molar-refractivity contribution < 1.29 is 4.74 Å². The molecule has 0 aromatic rings. The molecule has 2 aliphatic rings. The maximum atomic E-state index is 6.43. The van der Waals surface area contributed by atoms with Crippen molar-refractivity contribution in [3.05, 3.63) is 0 Å². The summed E-state index contributed by atoms with van der Waals surface area (Å²) in [6.07, 6.45) is 0. The van der Waals surface area contributed by atoms with Gasteiger partial charge in [0.05, 0.1) is 13.2 Å². The molecule has 0 spiro atoms. The minimum absolute atomic E-state index is 0.558. The summed E-state index contributed by atoms with van der Waals surface area (Å²) >= 11 is 30.4. The minimum Gasteiger partial charge on any atom is -0.379 e. The van der Waals surface area contributed by atoms with Gasteiger partial charge in [-0.15, -0.1) is 0 Å². The molecule has 0 aromatic heterocycles. The van der Waals surface area contributed by atoms with E-state index in [1.54, 1.807) is 0 Å². The predicted octanol–water partition coefficient (Wildman–Crippen LogP) is 6.36. The Bertz CT molecular complexity index is 468. The number of ether oxygens (including phenoxy) is 1. The zero-order valence-electron chi connectivity index (χ0n) is 8.26. The van der Waals surface area contributed by atoms with Crippen LogP contribution in [0.25, 0.3) is 0 Å². The Morgan fingerprint density at radius 1 is 0.824 bits per heavy atom. The van der Waals surface area contributed by atoms with Crippen molar-refractivity contribution >= 4 is 74.7 Å². The summed E-state index contributed by atoms with van der Waals surface area (Å²) in [5, 5.41) is 0. The van der Waals surface area contributed by atoms with Crippen molar-refractivity contribution in [1.29, 1.82) is 0 Å². The zero-order valence-corrected chi connectivity index (χ0v) is 14.7. The molecule has 0 N–H and O–H groups in total. The van der Waals surface area contributed by atoms with Crippen molar-refractivity contribution in [2.75, 3.05) is 26.3 Å². The van der Waals surface area contributed by atoms with Gasteiger partial charge in [0, 0.05) is 13.1 Å². The van der Waals surface area contributed by atoms with Gasteiger partial charge in [0.1, 0.15) is 0 Å². The Morgan fingerprint density at radius 2 is 1.35 bits per heavy atom. The van der Waals surface area contributed by atoms with Crippen LogP contribution in [0, 0.1) is 0 Å². The van der Waals surface area contributed by atoms with Crippen molar-refractivity contribution in [2.24, 2.45) is 13.5 Å². The largest absolute Gasteiger partial charge is 0.379 e. The molecule has 5 nitrogen and oxygen atoms in total. The molecule has 1 unspecified atom stereocenters. The summed E-state index contributed by atoms with van der Waals surface area (Å²) in [4.78, 5) is 0. The first-order valence-electron chi connectivity index (χ1n) is 4.45. The molecule has 2 rings (SSSR count). The van der Waals surface area contributed by atoms with Gasteiger partial charge < -0.3 is 4.74 Å². The van der Waals surface area contributed by atoms with E-state index in [2.05, 4.69) is 13.5 Å². The van der Waals surface area contributed by atoms with Crippen molar-refractivity contribution in [3.8, 4) is 0 Å². The van der Waals surface area contributed by atoms with Crippen LogP contribution < -0.4 is 0 Å². The molecule has 2 aliphatic heterocycles. The number of halogens is 5. The summed E-state index contributed by atoms with van der Waals surface area (Å²) in [6, 6.07) is 0. The number of hydrogen-bond donors (Lipinski definition) is 0. The smallest absolute Gasteiger partial charge is 0.257 e. The lowest BCUT2D eigenvalue weighted by atomic mass is 10.5. The highest BCUT2D eigenvalue weighted by Crippen LogP contribution is 2.87. The Hall–Kier alpha value is 2.06. The molecule has 2 heterocycles. The normalized spacial score (nSPS) is 36.5. The minimum atomic E-state index is -2.93. The molecular weight excluding hydrogens is 390 g/mol. The standard InChI is InChI=1S/C4H8Cl5N4OP3/c5-15(6)10-16(7,8)12-17(9,11-15)13-1-3-14-4-2-13/h1-4H2. The third-order valence-corrected chi connectivity index (χ3v) is 15.1. The van der Waals surface area contributed by atoms with E-state index in [1.165, 1.54) is 0 Å². The Balaban J connectivity index is 2.47. The van der Waals surface area contributed by atoms with Crippen LogP contribution in [0.15, 0.2) is 13.5 Å². The SMILES string of the molecule is ClP1(Cl)=NP(Cl)(Cl)=NP(Cl)(N2CCOCC2)=N1. The summed E-state index contributed by atoms with van der Waals surface area (Å²) < 4.78 is 19.3. The molecule has 0 amide bonds. The lowest BCUT2D eigenvalue weighted by Crippen LogP contribution is -2.32. The van der Waals surface area contributed by atoms with Gasteiger partial charge in [-0.1, -0.05) is 0 Å². The molecule has 100 valence electrons. The average Bonchev–Trinajstić information content (AvgIpc) is 2.13. The molecule has 1 saturated heterocycles. The van der Waals surface area contributed by atoms with E-state index in [4.69, 9.17) is 60.9 Å². The first kappa shape index (κ1) is 15.4. The quantitative estimate of drug-likeness (QED) is 0.482. The highest BCUT2D eigenvalue weighted by atomic mass is 35.9. The number of hydrogen-bond acceptors (Lipinski definition) is 5. The Kier molecular flexibility index (Phi) is 4.95. The van der Waals surface area contributed by atoms with Gasteiger partial charge in [0.15, 0.2) is 0 Å². The molecule has 17 heavy (non-hydrogen) atoms. The van der Waals surface area contributed by atoms with Gasteiger partial charge >= 0.3 is 0 Å². The van der Waals surface area contributed by atoms with E-state index in [-0.39, 0.29) is 0 Å². The number of nitrogens with zero attached hydrogens (tertiary/aromatic N) is 4. The van der Waals surface area contributed by atoms with Crippen LogP contribution in [0.2, 0.25) is 0 Å². The monoisotopic (exact) mass is 396 g/mol. The lowest BCUT2D eigenvalue weighted by molar-refractivity contribution is 0.0749. The van der Waals surface area contributed by atoms with Gasteiger partial charge in [0.25, 0.3) is 11.8 Å². The third-order valence-electron chi connectivity index (χ3n) is 2.01. The lowest BCUT2D eigenvalue weighted by Gasteiger charge is -2.33. The van der Waals surface area contributed by atoms with Crippen LogP contribution in [0.5, 0.6) is 0 Å². The molecule has 1 fully saturated rings. The molecule has 0 radical (unpaired) electrons. The van der Waals surface area contributed by atoms with Crippen LogP contribution in [0.1, 0.15) is 0 Å². The molecule has 0 aromatic carbocycles. The molecular formula is C4H8Cl5N4OP3. The van der Waals surface area contributed by atoms with E-state index in [0.29, 0.717) is 26.3 Å². The second-order valence-corrected chi connectivity index (χ2v) is 16.8. The zero-order chi connectivity index (χ0) is 12.7. The Morgan fingerprint density at radius 3 is 1.88 bits per heavy atom. The van der Waals surface area contributed by atoms with Gasteiger partial charge in [-0.3, -0.25) is 0 Å². The fourth-order valence-corrected chi connectivity index (χ4v) is 19.2. The first-order chi connectivity index (χ1) is 7.73. The summed E-state index contributed by atoms with van der Waals surface area (Å²) in [5.74, 6) is -5.85. The Labute approximate surface area is 123 Å². The van der Waals surface area contributed by atoms with Crippen molar-refractivity contribution in [2.45, 2.75) is 0 Å². The molecule has 0 saturated carbocycles. The van der Waals surface area contributed by atoms with Gasteiger partial charge in [-0.2, -0.15) is 13.5 Å². The fourth-order valence-electron chi connectivity index (χ4n) is 1.38. The average molecular weight is 398 g/mol. The van der Waals surface area contributed by atoms with Gasteiger partial charge in [0.2, 0.25) is 6.71 Å². The second-order valence-electron chi connectivity index (χ2n) is 3.24. The third kappa shape index (κ3) is 4.02. The first-order valence-corrected chi connectivity index (χ1v) is 14.0. The van der Waals surface area contributed by atoms with Crippen molar-refractivity contribution in [3.63, 3.8) is 0 Å². The van der Waals surface area contributed by atoms with E-state index in [1.807, 2.05) is 4.67 Å². The van der Waals surface area contributed by atoms with Crippen molar-refractivity contribution in [1.82, 2.24) is 4.67 Å². The molecule has 0 aliphatic carbocycles. The maximum Gasteiger partial charge on any atom is 0.257 e. The van der Waals surface area contributed by atoms with E-state index in [0.717, 1.165) is 0 Å². The predicted molar refractivity (Wildman–Crippen MR) is 79.7 cm³/mol. The van der Waals surface area contributed by atoms with Crippen LogP contribution in [-0.2, 0) is 4.74 Å². The summed E-state index contributed by atoms with van der Waals surface area (Å²) in [6.45, 7) is -0.407. The van der Waals surface area contributed by atoms with Crippen LogP contribution in [0.4, 0.5) is 0 Å². The molecule has 1 atom stereocenters. The molecule has 13 heteroatoms. The maximum absolute atomic E-state index is 6.43. The summed E-state index contributed by atoms with van der Waals surface area (Å²) in [7, 11) is 0. The van der Waals surface area contributed by atoms with Gasteiger partial charge in [-0.25, -0.2) is 4.67 Å². The second kappa shape index (κ2) is 5.45. The van der Waals surface area contributed by atoms with Gasteiger partial charge in [-0.05, 0) is 56.2 Å². The number of rotatable bonds is 1. The van der Waals surface area contributed by atoms with E-state index in [9.17, 15) is 0 Å². The fraction of sp³-hybridized carbons (Fsp3) is 1.00. The van der Waals surface area contributed by atoms with Crippen LogP contribution in [-0.4, -0.2) is 31.0 Å². The van der Waals surface area contributed by atoms with Crippen LogP contribution >= 0.6 is 74.7 Å². The van der Waals surface area contributed by atoms with E-state index < -0.39 is 18.5 Å². The highest BCUT2D eigenvalue weighted by Gasteiger charge is 2.37. The van der Waals surface area contributed by atoms with Crippen LogP contribution in [0.3, 0.4) is 0 Å². The number of morpholine rings is 1. The molecule has 0 bridgehead atoms.